The fourth-order valence-corrected chi connectivity index (χ4v) is 1.69. The molecular formula is C11H21N3O. The Bertz CT molecular complexity index is 283. The Balaban J connectivity index is 2.19. The van der Waals surface area contributed by atoms with Crippen molar-refractivity contribution in [3.63, 3.8) is 0 Å². The summed E-state index contributed by atoms with van der Waals surface area (Å²) in [7, 11) is 1.95. The largest absolute Gasteiger partial charge is 0.393 e. The van der Waals surface area contributed by atoms with E-state index < -0.39 is 0 Å². The number of aliphatic hydroxyl groups is 1. The molecule has 2 N–H and O–H groups in total. The summed E-state index contributed by atoms with van der Waals surface area (Å²) in [4.78, 5) is 0. The summed E-state index contributed by atoms with van der Waals surface area (Å²) in [5, 5.41) is 16.7. The number of hydrogen-bond donors (Lipinski definition) is 2. The van der Waals surface area contributed by atoms with Crippen LogP contribution in [0.2, 0.25) is 0 Å². The zero-order valence-electron chi connectivity index (χ0n) is 9.77. The lowest BCUT2D eigenvalue weighted by Crippen LogP contribution is -2.31. The van der Waals surface area contributed by atoms with Crippen LogP contribution in [0.5, 0.6) is 0 Å². The number of nitrogens with zero attached hydrogens (tertiary/aromatic N) is 2. The number of nitrogens with one attached hydrogen (secondary N) is 1. The fraction of sp³-hybridized carbons (Fsp3) is 0.727. The Hall–Kier alpha value is -0.870. The van der Waals surface area contributed by atoms with Crippen LogP contribution in [0.3, 0.4) is 0 Å². The lowest BCUT2D eigenvalue weighted by Gasteiger charge is -2.15. The van der Waals surface area contributed by atoms with E-state index in [0.29, 0.717) is 6.04 Å². The van der Waals surface area contributed by atoms with Crippen molar-refractivity contribution >= 4 is 0 Å². The van der Waals surface area contributed by atoms with E-state index >= 15 is 0 Å². The molecule has 0 aromatic carbocycles. The summed E-state index contributed by atoms with van der Waals surface area (Å²) >= 11 is 0. The van der Waals surface area contributed by atoms with Gasteiger partial charge in [0, 0.05) is 37.9 Å². The molecule has 1 heterocycles. The third-order valence-corrected chi connectivity index (χ3v) is 2.49. The highest BCUT2D eigenvalue weighted by Crippen LogP contribution is 1.99. The van der Waals surface area contributed by atoms with Gasteiger partial charge in [-0.25, -0.2) is 0 Å². The van der Waals surface area contributed by atoms with Gasteiger partial charge in [0.25, 0.3) is 0 Å². The minimum Gasteiger partial charge on any atom is -0.393 e. The Kier molecular flexibility index (Phi) is 4.78. The van der Waals surface area contributed by atoms with Crippen molar-refractivity contribution in [1.29, 1.82) is 0 Å². The highest BCUT2D eigenvalue weighted by Gasteiger charge is 2.05. The molecule has 1 aromatic rings. The van der Waals surface area contributed by atoms with E-state index in [4.69, 9.17) is 0 Å². The van der Waals surface area contributed by atoms with Crippen molar-refractivity contribution in [3.8, 4) is 0 Å². The predicted octanol–water partition coefficient (Wildman–Crippen LogP) is 0.712. The molecule has 0 aliphatic carbocycles. The Labute approximate surface area is 91.3 Å². The minimum atomic E-state index is -0.232. The summed E-state index contributed by atoms with van der Waals surface area (Å²) in [5.74, 6) is 0. The van der Waals surface area contributed by atoms with Crippen molar-refractivity contribution in [3.05, 3.63) is 18.0 Å². The Morgan fingerprint density at radius 1 is 1.53 bits per heavy atom. The third kappa shape index (κ3) is 4.44. The number of aliphatic hydroxyl groups excluding tert-OH is 1. The van der Waals surface area contributed by atoms with Crippen molar-refractivity contribution in [2.24, 2.45) is 7.05 Å². The van der Waals surface area contributed by atoms with E-state index in [0.717, 1.165) is 19.4 Å². The fourth-order valence-electron chi connectivity index (χ4n) is 1.69. The molecule has 0 saturated carbocycles. The van der Waals surface area contributed by atoms with Crippen molar-refractivity contribution in [1.82, 2.24) is 15.1 Å². The van der Waals surface area contributed by atoms with E-state index in [2.05, 4.69) is 17.3 Å². The summed E-state index contributed by atoms with van der Waals surface area (Å²) < 4.78 is 1.89. The smallest absolute Gasteiger partial charge is 0.0526 e. The first-order valence-electron chi connectivity index (χ1n) is 5.48. The molecule has 2 unspecified atom stereocenters. The predicted molar refractivity (Wildman–Crippen MR) is 60.7 cm³/mol. The number of aromatic nitrogens is 2. The molecule has 0 aliphatic heterocycles. The number of aryl methyl sites for hydroxylation is 1. The molecular weight excluding hydrogens is 190 g/mol. The highest BCUT2D eigenvalue weighted by atomic mass is 16.3. The monoisotopic (exact) mass is 211 g/mol. The van der Waals surface area contributed by atoms with Gasteiger partial charge in [-0.15, -0.1) is 0 Å². The van der Waals surface area contributed by atoms with E-state index in [-0.39, 0.29) is 6.10 Å². The molecule has 0 aliphatic rings. The maximum Gasteiger partial charge on any atom is 0.0526 e. The van der Waals surface area contributed by atoms with Crippen molar-refractivity contribution < 1.29 is 5.11 Å². The van der Waals surface area contributed by atoms with Crippen molar-refractivity contribution in [2.45, 2.75) is 38.8 Å². The Morgan fingerprint density at radius 3 is 2.80 bits per heavy atom. The van der Waals surface area contributed by atoms with E-state index in [9.17, 15) is 5.11 Å². The maximum absolute atomic E-state index is 9.20. The van der Waals surface area contributed by atoms with Crippen LogP contribution >= 0.6 is 0 Å². The van der Waals surface area contributed by atoms with Gasteiger partial charge in [0.2, 0.25) is 0 Å². The standard InChI is InChI=1S/C11H21N3O/c1-9(8-10(2)15)12-6-4-11-5-7-13-14(11)3/h5,7,9-10,12,15H,4,6,8H2,1-3H3. The van der Waals surface area contributed by atoms with Gasteiger partial charge in [-0.3, -0.25) is 4.68 Å². The van der Waals surface area contributed by atoms with Crippen LogP contribution in [0.15, 0.2) is 12.3 Å². The molecule has 4 nitrogen and oxygen atoms in total. The summed E-state index contributed by atoms with van der Waals surface area (Å²) in [6.07, 6.45) is 3.35. The van der Waals surface area contributed by atoms with Gasteiger partial charge >= 0.3 is 0 Å². The SMILES string of the molecule is CC(O)CC(C)NCCc1ccnn1C. The molecule has 4 heteroatoms. The minimum absolute atomic E-state index is 0.232. The zero-order valence-corrected chi connectivity index (χ0v) is 9.77. The number of rotatable bonds is 6. The van der Waals surface area contributed by atoms with Crippen LogP contribution in [0, 0.1) is 0 Å². The second kappa shape index (κ2) is 5.88. The summed E-state index contributed by atoms with van der Waals surface area (Å²) in [6, 6.07) is 2.39. The quantitative estimate of drug-likeness (QED) is 0.728. The first kappa shape index (κ1) is 12.2. The second-order valence-corrected chi connectivity index (χ2v) is 4.14. The molecule has 1 rings (SSSR count). The molecule has 0 fully saturated rings. The van der Waals surface area contributed by atoms with Crippen LogP contribution in [0.4, 0.5) is 0 Å². The molecule has 0 saturated heterocycles. The van der Waals surface area contributed by atoms with Crippen LogP contribution in [0.1, 0.15) is 26.0 Å². The van der Waals surface area contributed by atoms with E-state index in [1.54, 1.807) is 0 Å². The molecule has 86 valence electrons. The maximum atomic E-state index is 9.20. The van der Waals surface area contributed by atoms with Gasteiger partial charge in [-0.05, 0) is 26.3 Å². The van der Waals surface area contributed by atoms with Crippen LogP contribution in [-0.2, 0) is 13.5 Å². The van der Waals surface area contributed by atoms with Gasteiger partial charge in [0.15, 0.2) is 0 Å². The first-order chi connectivity index (χ1) is 7.09. The van der Waals surface area contributed by atoms with Gasteiger partial charge in [0.1, 0.15) is 0 Å². The third-order valence-electron chi connectivity index (χ3n) is 2.49. The van der Waals surface area contributed by atoms with E-state index in [1.165, 1.54) is 5.69 Å². The molecule has 0 spiro atoms. The van der Waals surface area contributed by atoms with Gasteiger partial charge in [-0.1, -0.05) is 0 Å². The molecule has 0 amide bonds. The first-order valence-corrected chi connectivity index (χ1v) is 5.48. The zero-order chi connectivity index (χ0) is 11.3. The van der Waals surface area contributed by atoms with Crippen molar-refractivity contribution in [2.75, 3.05) is 6.54 Å². The van der Waals surface area contributed by atoms with E-state index in [1.807, 2.05) is 30.9 Å². The molecule has 15 heavy (non-hydrogen) atoms. The normalized spacial score (nSPS) is 15.2. The lowest BCUT2D eigenvalue weighted by atomic mass is 10.1. The Morgan fingerprint density at radius 2 is 2.27 bits per heavy atom. The summed E-state index contributed by atoms with van der Waals surface area (Å²) in [5.41, 5.74) is 1.23. The van der Waals surface area contributed by atoms with Crippen LogP contribution in [0.25, 0.3) is 0 Å². The molecule has 1 aromatic heterocycles. The van der Waals surface area contributed by atoms with Gasteiger partial charge in [0.05, 0.1) is 6.10 Å². The average molecular weight is 211 g/mol. The molecule has 0 bridgehead atoms. The van der Waals surface area contributed by atoms with Gasteiger partial charge < -0.3 is 10.4 Å². The summed E-state index contributed by atoms with van der Waals surface area (Å²) in [6.45, 7) is 4.84. The van der Waals surface area contributed by atoms with Crippen LogP contribution in [-0.4, -0.2) is 33.6 Å². The second-order valence-electron chi connectivity index (χ2n) is 4.14. The topological polar surface area (TPSA) is 50.1 Å². The average Bonchev–Trinajstić information content (AvgIpc) is 2.50. The van der Waals surface area contributed by atoms with Crippen LogP contribution < -0.4 is 5.32 Å². The lowest BCUT2D eigenvalue weighted by molar-refractivity contribution is 0.171. The molecule has 0 radical (unpaired) electrons. The highest BCUT2D eigenvalue weighted by molar-refractivity contribution is 5.00. The van der Waals surface area contributed by atoms with Gasteiger partial charge in [-0.2, -0.15) is 5.10 Å². The molecule has 2 atom stereocenters. The number of hydrogen-bond acceptors (Lipinski definition) is 3.